The van der Waals surface area contributed by atoms with Crippen molar-refractivity contribution in [1.29, 1.82) is 5.26 Å². The third kappa shape index (κ3) is 4.33. The van der Waals surface area contributed by atoms with Crippen molar-refractivity contribution in [3.05, 3.63) is 75.5 Å². The number of carbonyl (C=O) groups excluding carboxylic acids is 1. The first-order chi connectivity index (χ1) is 15.9. The fourth-order valence-electron chi connectivity index (χ4n) is 3.59. The molecule has 0 aliphatic carbocycles. The molecule has 0 bridgehead atoms. The van der Waals surface area contributed by atoms with E-state index in [0.717, 1.165) is 5.56 Å². The number of nitriles is 1. The van der Waals surface area contributed by atoms with Crippen molar-refractivity contribution in [3.8, 4) is 6.07 Å². The van der Waals surface area contributed by atoms with Gasteiger partial charge < -0.3 is 13.7 Å². The summed E-state index contributed by atoms with van der Waals surface area (Å²) in [5.74, 6) is -0.576. The van der Waals surface area contributed by atoms with Crippen LogP contribution in [0.5, 0.6) is 0 Å². The number of carbonyl (C=O) groups is 1. The largest absolute Gasteiger partial charge is 0.459 e. The number of furan rings is 1. The second kappa shape index (κ2) is 9.22. The fraction of sp³-hybridized carbons (Fsp3) is 0.292. The van der Waals surface area contributed by atoms with Crippen LogP contribution < -0.4 is 11.0 Å². The Kier molecular flexibility index (Phi) is 6.20. The van der Waals surface area contributed by atoms with Gasteiger partial charge in [0.15, 0.2) is 11.2 Å². The van der Waals surface area contributed by atoms with Gasteiger partial charge in [-0.3, -0.25) is 14.0 Å². The zero-order valence-electron chi connectivity index (χ0n) is 18.6. The molecule has 0 saturated carbocycles. The van der Waals surface area contributed by atoms with Gasteiger partial charge in [-0.2, -0.15) is 10.3 Å². The van der Waals surface area contributed by atoms with Gasteiger partial charge in [0.1, 0.15) is 17.4 Å². The van der Waals surface area contributed by atoms with Crippen LogP contribution in [0.15, 0.2) is 57.0 Å². The Balaban J connectivity index is 2.01. The highest BCUT2D eigenvalue weighted by Crippen LogP contribution is 2.13. The smallest absolute Gasteiger partial charge is 0.314 e. The molecule has 4 heterocycles. The van der Waals surface area contributed by atoms with Crippen LogP contribution in [0.3, 0.4) is 0 Å². The third-order valence-electron chi connectivity index (χ3n) is 5.14. The highest BCUT2D eigenvalue weighted by Gasteiger charge is 2.17. The summed E-state index contributed by atoms with van der Waals surface area (Å²) in [4.78, 5) is 34.9. The number of ether oxygens (including phenoxy) is 1. The standard InChI is InChI=1S/C24H23N5O4/c1-15(2)32-12-6-10-28-21(27-23(30)19-8-5-11-33-19)17(14-25)13-18-22(28)26-20-16(3)7-4-9-29(20)24(18)31/h4-5,7-9,11,13,15H,6,10,12H2,1-3H3. The number of hydrogen-bond donors (Lipinski definition) is 0. The molecule has 0 N–H and O–H groups in total. The van der Waals surface area contributed by atoms with E-state index >= 15 is 0 Å². The van der Waals surface area contributed by atoms with Crippen LogP contribution in [0.2, 0.25) is 0 Å². The lowest BCUT2D eigenvalue weighted by Crippen LogP contribution is -2.30. The molecule has 0 aromatic carbocycles. The molecule has 0 aliphatic rings. The first-order valence-corrected chi connectivity index (χ1v) is 10.6. The van der Waals surface area contributed by atoms with E-state index in [-0.39, 0.29) is 33.9 Å². The van der Waals surface area contributed by atoms with Crippen molar-refractivity contribution in [2.45, 2.75) is 39.8 Å². The Morgan fingerprint density at radius 2 is 2.12 bits per heavy atom. The third-order valence-corrected chi connectivity index (χ3v) is 5.14. The molecule has 9 nitrogen and oxygen atoms in total. The Morgan fingerprint density at radius 3 is 2.82 bits per heavy atom. The van der Waals surface area contributed by atoms with Gasteiger partial charge >= 0.3 is 5.91 Å². The zero-order valence-corrected chi connectivity index (χ0v) is 18.6. The molecule has 33 heavy (non-hydrogen) atoms. The average molecular weight is 445 g/mol. The maximum atomic E-state index is 13.3. The molecule has 4 aromatic rings. The second-order valence-corrected chi connectivity index (χ2v) is 7.85. The van der Waals surface area contributed by atoms with Gasteiger partial charge in [0.25, 0.3) is 5.56 Å². The van der Waals surface area contributed by atoms with E-state index in [1.807, 2.05) is 26.8 Å². The van der Waals surface area contributed by atoms with E-state index in [4.69, 9.17) is 14.1 Å². The van der Waals surface area contributed by atoms with Crippen molar-refractivity contribution < 1.29 is 13.9 Å². The molecule has 0 atom stereocenters. The van der Waals surface area contributed by atoms with Gasteiger partial charge in [-0.05, 0) is 57.0 Å². The molecule has 168 valence electrons. The van der Waals surface area contributed by atoms with Gasteiger partial charge in [0, 0.05) is 19.3 Å². The highest BCUT2D eigenvalue weighted by molar-refractivity contribution is 5.92. The summed E-state index contributed by atoms with van der Waals surface area (Å²) in [5.41, 5.74) is 1.59. The Labute approximate surface area is 189 Å². The van der Waals surface area contributed by atoms with Gasteiger partial charge in [-0.1, -0.05) is 6.07 Å². The number of pyridine rings is 2. The fourth-order valence-corrected chi connectivity index (χ4v) is 3.59. The molecular formula is C24H23N5O4. The zero-order chi connectivity index (χ0) is 23.5. The summed E-state index contributed by atoms with van der Waals surface area (Å²) >= 11 is 0. The summed E-state index contributed by atoms with van der Waals surface area (Å²) in [5, 5.41) is 10.1. The maximum absolute atomic E-state index is 13.3. The van der Waals surface area contributed by atoms with E-state index in [1.54, 1.807) is 22.9 Å². The number of nitrogens with zero attached hydrogens (tertiary/aromatic N) is 5. The normalized spacial score (nSPS) is 12.0. The average Bonchev–Trinajstić information content (AvgIpc) is 3.33. The molecule has 0 fully saturated rings. The van der Waals surface area contributed by atoms with Gasteiger partial charge in [0.2, 0.25) is 0 Å². The minimum atomic E-state index is -0.628. The predicted molar refractivity (Wildman–Crippen MR) is 121 cm³/mol. The first kappa shape index (κ1) is 22.2. The summed E-state index contributed by atoms with van der Waals surface area (Å²) in [7, 11) is 0. The Bertz CT molecular complexity index is 1500. The molecule has 0 aliphatic heterocycles. The molecule has 4 rings (SSSR count). The van der Waals surface area contributed by atoms with Crippen molar-refractivity contribution in [2.75, 3.05) is 6.61 Å². The quantitative estimate of drug-likeness (QED) is 0.333. The van der Waals surface area contributed by atoms with E-state index < -0.39 is 5.91 Å². The van der Waals surface area contributed by atoms with Crippen LogP contribution >= 0.6 is 0 Å². The molecule has 0 saturated heterocycles. The molecule has 1 amide bonds. The van der Waals surface area contributed by atoms with Crippen molar-refractivity contribution >= 4 is 22.6 Å². The van der Waals surface area contributed by atoms with Crippen LogP contribution in [0.4, 0.5) is 0 Å². The van der Waals surface area contributed by atoms with E-state index in [9.17, 15) is 14.9 Å². The minimum absolute atomic E-state index is 0.0519. The molecule has 0 unspecified atom stereocenters. The number of aryl methyl sites for hydroxylation is 2. The van der Waals surface area contributed by atoms with Gasteiger partial charge in [-0.15, -0.1) is 0 Å². The second-order valence-electron chi connectivity index (χ2n) is 7.85. The van der Waals surface area contributed by atoms with Crippen LogP contribution in [0.1, 0.15) is 41.9 Å². The lowest BCUT2D eigenvalue weighted by atomic mass is 10.2. The van der Waals surface area contributed by atoms with Crippen molar-refractivity contribution in [2.24, 2.45) is 4.99 Å². The van der Waals surface area contributed by atoms with Crippen LogP contribution in [-0.2, 0) is 11.3 Å². The lowest BCUT2D eigenvalue weighted by Gasteiger charge is -2.14. The molecule has 9 heteroatoms. The van der Waals surface area contributed by atoms with Crippen molar-refractivity contribution in [3.63, 3.8) is 0 Å². The number of hydrogen-bond acceptors (Lipinski definition) is 6. The maximum Gasteiger partial charge on any atom is 0.314 e. The van der Waals surface area contributed by atoms with Crippen LogP contribution in [-0.4, -0.2) is 32.6 Å². The number of aromatic nitrogens is 3. The van der Waals surface area contributed by atoms with Crippen LogP contribution in [0.25, 0.3) is 16.7 Å². The summed E-state index contributed by atoms with van der Waals surface area (Å²) < 4.78 is 13.9. The van der Waals surface area contributed by atoms with Gasteiger partial charge in [-0.25, -0.2) is 4.98 Å². The Hall–Kier alpha value is -4.03. The van der Waals surface area contributed by atoms with Crippen molar-refractivity contribution in [1.82, 2.24) is 14.0 Å². The number of fused-ring (bicyclic) bond motifs is 2. The molecule has 4 aromatic heterocycles. The summed E-state index contributed by atoms with van der Waals surface area (Å²) in [6.07, 6.45) is 3.65. The molecule has 0 radical (unpaired) electrons. The SMILES string of the molecule is Cc1cccn2c(=O)c3cc(C#N)c(=NC(=O)c4ccco4)n(CCCOC(C)C)c3nc12. The summed E-state index contributed by atoms with van der Waals surface area (Å²) in [6, 6.07) is 10.2. The minimum Gasteiger partial charge on any atom is -0.459 e. The van der Waals surface area contributed by atoms with E-state index in [1.165, 1.54) is 22.8 Å². The molecule has 0 spiro atoms. The lowest BCUT2D eigenvalue weighted by molar-refractivity contribution is 0.0748. The topological polar surface area (TPSA) is 115 Å². The number of rotatable bonds is 6. The first-order valence-electron chi connectivity index (χ1n) is 10.6. The van der Waals surface area contributed by atoms with Crippen LogP contribution in [0, 0.1) is 18.3 Å². The predicted octanol–water partition coefficient (Wildman–Crippen LogP) is 2.98. The van der Waals surface area contributed by atoms with E-state index in [0.29, 0.717) is 30.9 Å². The highest BCUT2D eigenvalue weighted by atomic mass is 16.5. The summed E-state index contributed by atoms with van der Waals surface area (Å²) in [6.45, 7) is 6.56. The Morgan fingerprint density at radius 1 is 1.30 bits per heavy atom. The number of amides is 1. The van der Waals surface area contributed by atoms with Gasteiger partial charge in [0.05, 0.1) is 23.3 Å². The molecular weight excluding hydrogens is 422 g/mol. The van der Waals surface area contributed by atoms with E-state index in [2.05, 4.69) is 11.1 Å². The monoisotopic (exact) mass is 445 g/mol.